The molecule has 1 amide bonds. The number of nitrogens with one attached hydrogen (secondary N) is 1. The molecule has 4 aromatic rings. The number of hydrogen-bond acceptors (Lipinski definition) is 5. The number of hydrogen-bond donors (Lipinski definition) is 1. The predicted octanol–water partition coefficient (Wildman–Crippen LogP) is 5.12. The number of carbonyl (C=O) groups excluding carboxylic acids is 1. The van der Waals surface area contributed by atoms with Crippen molar-refractivity contribution in [1.29, 1.82) is 0 Å². The average molecular weight is 428 g/mol. The van der Waals surface area contributed by atoms with E-state index in [1.165, 1.54) is 0 Å². The van der Waals surface area contributed by atoms with E-state index in [1.807, 2.05) is 59.5 Å². The summed E-state index contributed by atoms with van der Waals surface area (Å²) in [6.07, 6.45) is 1.54. The van der Waals surface area contributed by atoms with Gasteiger partial charge in [-0.05, 0) is 29.8 Å². The molecular formula is C25H24N4O3. The van der Waals surface area contributed by atoms with Crippen LogP contribution in [0.1, 0.15) is 54.1 Å². The number of aromatic nitrogens is 3. The van der Waals surface area contributed by atoms with Gasteiger partial charge in [0.15, 0.2) is 0 Å². The molecule has 1 aliphatic rings. The molecule has 2 aromatic carbocycles. The van der Waals surface area contributed by atoms with Crippen LogP contribution in [0.15, 0.2) is 65.4 Å². The molecule has 0 fully saturated rings. The summed E-state index contributed by atoms with van der Waals surface area (Å²) in [7, 11) is 1.64. The number of rotatable bonds is 4. The monoisotopic (exact) mass is 428 g/mol. The minimum atomic E-state index is -0.297. The molecule has 0 radical (unpaired) electrons. The van der Waals surface area contributed by atoms with Crippen molar-refractivity contribution in [3.05, 3.63) is 83.4 Å². The zero-order valence-electron chi connectivity index (χ0n) is 18.4. The van der Waals surface area contributed by atoms with Gasteiger partial charge in [0.2, 0.25) is 0 Å². The molecule has 1 atom stereocenters. The summed E-state index contributed by atoms with van der Waals surface area (Å²) in [6.45, 7) is 6.32. The van der Waals surface area contributed by atoms with E-state index in [4.69, 9.17) is 9.26 Å². The molecule has 0 saturated heterocycles. The lowest BCUT2D eigenvalue weighted by molar-refractivity contribution is 0.0988. The van der Waals surface area contributed by atoms with E-state index in [9.17, 15) is 4.79 Å². The van der Waals surface area contributed by atoms with E-state index in [1.54, 1.807) is 13.4 Å². The Bertz CT molecular complexity index is 1250. The molecule has 3 heterocycles. The lowest BCUT2D eigenvalue weighted by Gasteiger charge is -2.28. The highest BCUT2D eigenvalue weighted by molar-refractivity contribution is 6.10. The third-order valence-corrected chi connectivity index (χ3v) is 5.79. The molecule has 0 bridgehead atoms. The lowest BCUT2D eigenvalue weighted by atomic mass is 9.85. The molecule has 0 saturated carbocycles. The first-order valence-electron chi connectivity index (χ1n) is 10.5. The topological polar surface area (TPSA) is 84.2 Å². The first kappa shape index (κ1) is 20.1. The Hall–Kier alpha value is -3.87. The lowest BCUT2D eigenvalue weighted by Crippen LogP contribution is -2.30. The Balaban J connectivity index is 1.63. The molecule has 1 N–H and O–H groups in total. The fourth-order valence-electron chi connectivity index (χ4n) is 4.24. The zero-order chi connectivity index (χ0) is 22.5. The molecule has 1 unspecified atom stereocenters. The minimum absolute atomic E-state index is 0.0991. The van der Waals surface area contributed by atoms with Crippen molar-refractivity contribution in [2.45, 2.75) is 32.2 Å². The van der Waals surface area contributed by atoms with Crippen LogP contribution in [-0.4, -0.2) is 28.4 Å². The highest BCUT2D eigenvalue weighted by atomic mass is 16.5. The van der Waals surface area contributed by atoms with E-state index in [-0.39, 0.29) is 17.4 Å². The number of aromatic amines is 1. The summed E-state index contributed by atoms with van der Waals surface area (Å²) in [4.78, 5) is 15.4. The van der Waals surface area contributed by atoms with Gasteiger partial charge < -0.3 is 9.26 Å². The van der Waals surface area contributed by atoms with Gasteiger partial charge in [0.1, 0.15) is 23.4 Å². The molecule has 0 aliphatic carbocycles. The molecule has 2 aromatic heterocycles. The zero-order valence-corrected chi connectivity index (χ0v) is 18.4. The number of nitrogens with zero attached hydrogens (tertiary/aromatic N) is 3. The van der Waals surface area contributed by atoms with Crippen molar-refractivity contribution in [3.8, 4) is 17.0 Å². The normalized spacial score (nSPS) is 15.8. The summed E-state index contributed by atoms with van der Waals surface area (Å²) in [6, 6.07) is 17.1. The van der Waals surface area contributed by atoms with Crippen molar-refractivity contribution in [2.75, 3.05) is 12.0 Å². The van der Waals surface area contributed by atoms with Crippen LogP contribution in [0.2, 0.25) is 0 Å². The van der Waals surface area contributed by atoms with Crippen LogP contribution < -0.4 is 9.64 Å². The van der Waals surface area contributed by atoms with Crippen LogP contribution >= 0.6 is 0 Å². The Kier molecular flexibility index (Phi) is 4.62. The van der Waals surface area contributed by atoms with Gasteiger partial charge >= 0.3 is 0 Å². The van der Waals surface area contributed by atoms with Crippen LogP contribution in [0.4, 0.5) is 5.69 Å². The van der Waals surface area contributed by atoms with Crippen molar-refractivity contribution < 1.29 is 14.1 Å². The number of methoxy groups -OCH3 is 1. The summed E-state index contributed by atoms with van der Waals surface area (Å²) in [5.41, 5.74) is 5.60. The number of carbonyl (C=O) groups is 1. The van der Waals surface area contributed by atoms with Crippen molar-refractivity contribution in [1.82, 2.24) is 15.4 Å². The fraction of sp³-hybridized carbons (Fsp3) is 0.240. The van der Waals surface area contributed by atoms with Crippen LogP contribution in [0.5, 0.6) is 5.75 Å². The molecule has 32 heavy (non-hydrogen) atoms. The van der Waals surface area contributed by atoms with Gasteiger partial charge in [-0.1, -0.05) is 50.2 Å². The van der Waals surface area contributed by atoms with Crippen LogP contribution in [0, 0.1) is 0 Å². The predicted molar refractivity (Wildman–Crippen MR) is 121 cm³/mol. The van der Waals surface area contributed by atoms with E-state index in [2.05, 4.69) is 36.1 Å². The maximum atomic E-state index is 13.6. The molecule has 5 rings (SSSR count). The second-order valence-corrected chi connectivity index (χ2v) is 8.89. The second kappa shape index (κ2) is 7.37. The SMILES string of the molecule is COc1ccc(C2c3c(C(C)(C)C)n[nH]c3C(=O)N2c2ccc(-c3ccon3)cc2)cc1. The minimum Gasteiger partial charge on any atom is -0.497 e. The van der Waals surface area contributed by atoms with Gasteiger partial charge in [-0.3, -0.25) is 14.8 Å². The number of anilines is 1. The van der Waals surface area contributed by atoms with Crippen LogP contribution in [0.3, 0.4) is 0 Å². The maximum Gasteiger partial charge on any atom is 0.277 e. The molecular weight excluding hydrogens is 404 g/mol. The van der Waals surface area contributed by atoms with Gasteiger partial charge in [-0.25, -0.2) is 0 Å². The molecule has 7 nitrogen and oxygen atoms in total. The van der Waals surface area contributed by atoms with Crippen molar-refractivity contribution >= 4 is 11.6 Å². The van der Waals surface area contributed by atoms with E-state index < -0.39 is 0 Å². The quantitative estimate of drug-likeness (QED) is 0.488. The molecule has 162 valence electrons. The first-order chi connectivity index (χ1) is 15.4. The highest BCUT2D eigenvalue weighted by Gasteiger charge is 2.44. The van der Waals surface area contributed by atoms with Gasteiger partial charge in [-0.15, -0.1) is 0 Å². The maximum absolute atomic E-state index is 13.6. The number of H-pyrrole nitrogens is 1. The number of fused-ring (bicyclic) bond motifs is 1. The van der Waals surface area contributed by atoms with Crippen LogP contribution in [0.25, 0.3) is 11.3 Å². The van der Waals surface area contributed by atoms with Gasteiger partial charge in [0, 0.05) is 28.3 Å². The molecule has 7 heteroatoms. The molecule has 0 spiro atoms. The number of ether oxygens (including phenoxy) is 1. The number of amides is 1. The second-order valence-electron chi connectivity index (χ2n) is 8.89. The summed E-state index contributed by atoms with van der Waals surface area (Å²) in [5.74, 6) is 0.669. The standard InChI is InChI=1S/C25H24N4O3/c1-25(2,3)23-20-21(26-27-23)24(30)29(22(20)16-7-11-18(31-4)12-8-16)17-9-5-15(6-10-17)19-13-14-32-28-19/h5-14,22H,1-4H3,(H,26,27). The fourth-order valence-corrected chi connectivity index (χ4v) is 4.24. The largest absolute Gasteiger partial charge is 0.497 e. The third-order valence-electron chi connectivity index (χ3n) is 5.79. The Morgan fingerprint density at radius 3 is 2.34 bits per heavy atom. The molecule has 1 aliphatic heterocycles. The summed E-state index contributed by atoms with van der Waals surface area (Å²) in [5, 5.41) is 11.5. The Labute approximate surface area is 186 Å². The first-order valence-corrected chi connectivity index (χ1v) is 10.5. The Morgan fingerprint density at radius 2 is 1.75 bits per heavy atom. The third kappa shape index (κ3) is 3.17. The van der Waals surface area contributed by atoms with Gasteiger partial charge in [0.25, 0.3) is 5.91 Å². The Morgan fingerprint density at radius 1 is 1.03 bits per heavy atom. The smallest absolute Gasteiger partial charge is 0.277 e. The highest BCUT2D eigenvalue weighted by Crippen LogP contribution is 2.45. The van der Waals surface area contributed by atoms with E-state index >= 15 is 0 Å². The van der Waals surface area contributed by atoms with E-state index in [0.717, 1.165) is 39.5 Å². The summed E-state index contributed by atoms with van der Waals surface area (Å²) < 4.78 is 10.3. The van der Waals surface area contributed by atoms with Gasteiger partial charge in [0.05, 0.1) is 18.8 Å². The van der Waals surface area contributed by atoms with Crippen molar-refractivity contribution in [2.24, 2.45) is 0 Å². The summed E-state index contributed by atoms with van der Waals surface area (Å²) >= 11 is 0. The van der Waals surface area contributed by atoms with Gasteiger partial charge in [-0.2, -0.15) is 5.10 Å². The van der Waals surface area contributed by atoms with Crippen LogP contribution in [-0.2, 0) is 5.41 Å². The van der Waals surface area contributed by atoms with Crippen molar-refractivity contribution in [3.63, 3.8) is 0 Å². The van der Waals surface area contributed by atoms with E-state index in [0.29, 0.717) is 5.69 Å². The number of benzene rings is 2. The average Bonchev–Trinajstić information content (AvgIpc) is 3.52.